The molecule has 11 nitrogen and oxygen atoms in total. The van der Waals surface area contributed by atoms with E-state index in [-0.39, 0.29) is 18.8 Å². The summed E-state index contributed by atoms with van der Waals surface area (Å²) in [6.07, 6.45) is 3.86. The molecule has 2 heterocycles. The van der Waals surface area contributed by atoms with Gasteiger partial charge >= 0.3 is 5.97 Å². The number of fused-ring (bicyclic) bond motifs is 2. The van der Waals surface area contributed by atoms with E-state index in [4.69, 9.17) is 5.73 Å². The van der Waals surface area contributed by atoms with Crippen molar-refractivity contribution in [3.63, 3.8) is 0 Å². The topological polar surface area (TPSA) is 182 Å². The number of carboxylic acids is 1. The third kappa shape index (κ3) is 6.93. The van der Waals surface area contributed by atoms with Gasteiger partial charge in [-0.15, -0.1) is 0 Å². The van der Waals surface area contributed by atoms with E-state index < -0.39 is 47.9 Å². The lowest BCUT2D eigenvalue weighted by atomic mass is 10.0. The molecule has 4 unspecified atom stereocenters. The first-order valence-corrected chi connectivity index (χ1v) is 13.5. The SMILES string of the molecule is CC(NC(=O)C(NC(=O)C(N)Cc1c[nH]c2ccccc12)C(C)C)C(=O)NC(Cc1c[nH]c2ccccc12)C(=O)O. The van der Waals surface area contributed by atoms with Crippen LogP contribution in [0.25, 0.3) is 21.8 Å². The van der Waals surface area contributed by atoms with Crippen molar-refractivity contribution in [2.75, 3.05) is 0 Å². The number of nitrogens with one attached hydrogen (secondary N) is 5. The van der Waals surface area contributed by atoms with E-state index in [0.29, 0.717) is 0 Å². The van der Waals surface area contributed by atoms with Crippen LogP contribution in [0.1, 0.15) is 31.9 Å². The Balaban J connectivity index is 1.35. The largest absolute Gasteiger partial charge is 0.480 e. The minimum Gasteiger partial charge on any atom is -0.480 e. The van der Waals surface area contributed by atoms with Crippen LogP contribution >= 0.6 is 0 Å². The normalized spacial score (nSPS) is 14.4. The summed E-state index contributed by atoms with van der Waals surface area (Å²) in [6.45, 7) is 4.99. The Morgan fingerprint density at radius 3 is 1.83 bits per heavy atom. The van der Waals surface area contributed by atoms with Crippen molar-refractivity contribution in [2.24, 2.45) is 11.7 Å². The number of aliphatic carboxylic acids is 1. The third-order valence-electron chi connectivity index (χ3n) is 7.16. The van der Waals surface area contributed by atoms with Crippen molar-refractivity contribution in [1.82, 2.24) is 25.9 Å². The minimum absolute atomic E-state index is 0.0603. The van der Waals surface area contributed by atoms with E-state index in [1.54, 1.807) is 20.0 Å². The fraction of sp³-hybridized carbons (Fsp3) is 0.333. The standard InChI is InChI=1S/C30H36N6O5/c1-16(2)26(36-28(38)22(31)12-18-14-32-23-10-6-4-8-20(18)23)29(39)34-17(3)27(37)35-25(30(40)41)13-19-15-33-24-11-7-5-9-21(19)24/h4-11,14-17,22,25-26,32-33H,12-13,31H2,1-3H3,(H,34,39)(H,35,37)(H,36,38)(H,40,41). The van der Waals surface area contributed by atoms with Gasteiger partial charge in [-0.3, -0.25) is 14.4 Å². The number of aromatic nitrogens is 2. The van der Waals surface area contributed by atoms with Crippen molar-refractivity contribution in [3.05, 3.63) is 72.1 Å². The summed E-state index contributed by atoms with van der Waals surface area (Å²) < 4.78 is 0. The van der Waals surface area contributed by atoms with Gasteiger partial charge < -0.3 is 36.8 Å². The summed E-state index contributed by atoms with van der Waals surface area (Å²) >= 11 is 0. The lowest BCUT2D eigenvalue weighted by Gasteiger charge is -2.25. The number of rotatable bonds is 12. The maximum absolute atomic E-state index is 13.1. The highest BCUT2D eigenvalue weighted by molar-refractivity contribution is 5.94. The Morgan fingerprint density at radius 2 is 1.29 bits per heavy atom. The van der Waals surface area contributed by atoms with Crippen LogP contribution in [0, 0.1) is 5.92 Å². The van der Waals surface area contributed by atoms with Gasteiger partial charge in [0, 0.05) is 40.6 Å². The summed E-state index contributed by atoms with van der Waals surface area (Å²) in [5.74, 6) is -3.22. The van der Waals surface area contributed by atoms with E-state index in [1.165, 1.54) is 6.92 Å². The number of carbonyl (C=O) groups excluding carboxylic acids is 3. The van der Waals surface area contributed by atoms with Crippen LogP contribution in [0.15, 0.2) is 60.9 Å². The molecule has 11 heteroatoms. The van der Waals surface area contributed by atoms with Gasteiger partial charge in [-0.1, -0.05) is 50.2 Å². The number of aromatic amines is 2. The van der Waals surface area contributed by atoms with Crippen molar-refractivity contribution >= 4 is 45.5 Å². The van der Waals surface area contributed by atoms with Crippen LogP contribution in [-0.4, -0.2) is 62.9 Å². The molecule has 0 spiro atoms. The zero-order valence-corrected chi connectivity index (χ0v) is 23.2. The number of carbonyl (C=O) groups is 4. The monoisotopic (exact) mass is 560 g/mol. The number of H-pyrrole nitrogens is 2. The fourth-order valence-electron chi connectivity index (χ4n) is 4.81. The first-order valence-electron chi connectivity index (χ1n) is 13.5. The molecular weight excluding hydrogens is 524 g/mol. The highest BCUT2D eigenvalue weighted by atomic mass is 16.4. The van der Waals surface area contributed by atoms with Crippen molar-refractivity contribution in [3.8, 4) is 0 Å². The second kappa shape index (κ2) is 12.7. The third-order valence-corrected chi connectivity index (χ3v) is 7.16. The first-order chi connectivity index (χ1) is 19.5. The Morgan fingerprint density at radius 1 is 0.756 bits per heavy atom. The molecule has 2 aromatic carbocycles. The molecule has 4 aromatic rings. The second-order valence-corrected chi connectivity index (χ2v) is 10.6. The number of hydrogen-bond acceptors (Lipinski definition) is 5. The molecule has 0 bridgehead atoms. The lowest BCUT2D eigenvalue weighted by molar-refractivity contribution is -0.142. The number of amides is 3. The maximum Gasteiger partial charge on any atom is 0.326 e. The summed E-state index contributed by atoms with van der Waals surface area (Å²) in [5.41, 5.74) is 9.63. The fourth-order valence-corrected chi connectivity index (χ4v) is 4.81. The first kappa shape index (κ1) is 29.3. The van der Waals surface area contributed by atoms with E-state index in [2.05, 4.69) is 25.9 Å². The molecular formula is C30H36N6O5. The summed E-state index contributed by atoms with van der Waals surface area (Å²) in [5, 5.41) is 19.4. The Kier molecular flexibility index (Phi) is 9.08. The molecule has 0 radical (unpaired) electrons. The van der Waals surface area contributed by atoms with Gasteiger partial charge in [0.2, 0.25) is 17.7 Å². The molecule has 216 valence electrons. The number of hydrogen-bond donors (Lipinski definition) is 7. The number of benzene rings is 2. The van der Waals surface area contributed by atoms with Gasteiger partial charge in [0.1, 0.15) is 18.1 Å². The van der Waals surface area contributed by atoms with E-state index >= 15 is 0 Å². The average molecular weight is 561 g/mol. The highest BCUT2D eigenvalue weighted by Crippen LogP contribution is 2.20. The van der Waals surface area contributed by atoms with E-state index in [0.717, 1.165) is 32.9 Å². The zero-order valence-electron chi connectivity index (χ0n) is 23.2. The van der Waals surface area contributed by atoms with Crippen molar-refractivity contribution in [1.29, 1.82) is 0 Å². The van der Waals surface area contributed by atoms with E-state index in [9.17, 15) is 24.3 Å². The average Bonchev–Trinajstić information content (AvgIpc) is 3.54. The quantitative estimate of drug-likeness (QED) is 0.139. The predicted molar refractivity (Wildman–Crippen MR) is 156 cm³/mol. The number of carboxylic acid groups (broad SMARTS) is 1. The minimum atomic E-state index is -1.20. The molecule has 4 atom stereocenters. The lowest BCUT2D eigenvalue weighted by Crippen LogP contribution is -2.58. The molecule has 0 saturated carbocycles. The van der Waals surface area contributed by atoms with Gasteiger partial charge in [-0.2, -0.15) is 0 Å². The van der Waals surface area contributed by atoms with Gasteiger partial charge in [-0.05, 0) is 42.5 Å². The number of nitrogens with two attached hydrogens (primary N) is 1. The Bertz CT molecular complexity index is 1560. The highest BCUT2D eigenvalue weighted by Gasteiger charge is 2.30. The molecule has 0 saturated heterocycles. The smallest absolute Gasteiger partial charge is 0.326 e. The Hall–Kier alpha value is -4.64. The molecule has 0 aliphatic heterocycles. The molecule has 0 aliphatic rings. The van der Waals surface area contributed by atoms with Crippen LogP contribution < -0.4 is 21.7 Å². The predicted octanol–water partition coefficient (Wildman–Crippen LogP) is 1.98. The van der Waals surface area contributed by atoms with E-state index in [1.807, 2.05) is 54.7 Å². The molecule has 8 N–H and O–H groups in total. The summed E-state index contributed by atoms with van der Waals surface area (Å²) in [4.78, 5) is 57.1. The molecule has 3 amide bonds. The molecule has 4 rings (SSSR count). The van der Waals surface area contributed by atoms with Gasteiger partial charge in [-0.25, -0.2) is 4.79 Å². The molecule has 0 fully saturated rings. The van der Waals surface area contributed by atoms with Crippen molar-refractivity contribution < 1.29 is 24.3 Å². The van der Waals surface area contributed by atoms with Crippen molar-refractivity contribution in [2.45, 2.75) is 57.8 Å². The van der Waals surface area contributed by atoms with Gasteiger partial charge in [0.25, 0.3) is 0 Å². The summed E-state index contributed by atoms with van der Waals surface area (Å²) in [6, 6.07) is 11.1. The molecule has 2 aromatic heterocycles. The summed E-state index contributed by atoms with van der Waals surface area (Å²) in [7, 11) is 0. The molecule has 0 aliphatic carbocycles. The maximum atomic E-state index is 13.1. The van der Waals surface area contributed by atoms with Crippen LogP contribution in [0.4, 0.5) is 0 Å². The van der Waals surface area contributed by atoms with Crippen LogP contribution in [0.2, 0.25) is 0 Å². The second-order valence-electron chi connectivity index (χ2n) is 10.6. The van der Waals surface area contributed by atoms with Crippen LogP contribution in [0.5, 0.6) is 0 Å². The Labute approximate surface area is 237 Å². The van der Waals surface area contributed by atoms with Gasteiger partial charge in [0.05, 0.1) is 6.04 Å². The zero-order chi connectivity index (χ0) is 29.7. The van der Waals surface area contributed by atoms with Crippen LogP contribution in [0.3, 0.4) is 0 Å². The van der Waals surface area contributed by atoms with Crippen LogP contribution in [-0.2, 0) is 32.0 Å². The number of para-hydroxylation sites is 2. The van der Waals surface area contributed by atoms with Gasteiger partial charge in [0.15, 0.2) is 0 Å². The molecule has 41 heavy (non-hydrogen) atoms.